The van der Waals surface area contributed by atoms with Crippen molar-refractivity contribution < 1.29 is 4.79 Å². The second kappa shape index (κ2) is 4.62. The number of nitrogens with two attached hydrogens (primary N) is 1. The largest absolute Gasteiger partial charge is 0.399 e. The molecular weight excluding hydrogens is 198 g/mol. The Morgan fingerprint density at radius 1 is 0.875 bits per heavy atom. The number of anilines is 1. The Kier molecular flexibility index (Phi) is 3.01. The second-order valence-corrected chi connectivity index (χ2v) is 3.78. The molecule has 2 N–H and O–H groups in total. The SMILES string of the molecule is Nc1ccc(Cc2ccc(C=O)cc2)cc1. The average molecular weight is 211 g/mol. The van der Waals surface area contributed by atoms with Crippen LogP contribution >= 0.6 is 0 Å². The maximum atomic E-state index is 10.5. The van der Waals surface area contributed by atoms with E-state index in [1.807, 2.05) is 48.5 Å². The van der Waals surface area contributed by atoms with E-state index in [1.54, 1.807) is 0 Å². The minimum atomic E-state index is 0.709. The molecular formula is C14H13NO. The molecule has 0 radical (unpaired) electrons. The predicted octanol–water partition coefficient (Wildman–Crippen LogP) is 2.67. The number of benzene rings is 2. The van der Waals surface area contributed by atoms with Gasteiger partial charge in [-0.25, -0.2) is 0 Å². The number of hydrogen-bond donors (Lipinski definition) is 1. The smallest absolute Gasteiger partial charge is 0.150 e. The van der Waals surface area contributed by atoms with E-state index < -0.39 is 0 Å². The molecule has 0 unspecified atom stereocenters. The topological polar surface area (TPSA) is 43.1 Å². The van der Waals surface area contributed by atoms with Crippen LogP contribution in [0.15, 0.2) is 48.5 Å². The fourth-order valence-corrected chi connectivity index (χ4v) is 1.59. The third-order valence-electron chi connectivity index (χ3n) is 2.50. The summed E-state index contributed by atoms with van der Waals surface area (Å²) < 4.78 is 0. The van der Waals surface area contributed by atoms with Crippen LogP contribution in [0.3, 0.4) is 0 Å². The molecule has 2 nitrogen and oxygen atoms in total. The van der Waals surface area contributed by atoms with Gasteiger partial charge in [0.05, 0.1) is 0 Å². The first kappa shape index (κ1) is 10.4. The van der Waals surface area contributed by atoms with Crippen LogP contribution in [0.1, 0.15) is 21.5 Å². The number of rotatable bonds is 3. The summed E-state index contributed by atoms with van der Waals surface area (Å²) >= 11 is 0. The summed E-state index contributed by atoms with van der Waals surface area (Å²) in [7, 11) is 0. The van der Waals surface area contributed by atoms with E-state index in [0.717, 1.165) is 18.4 Å². The van der Waals surface area contributed by atoms with Crippen molar-refractivity contribution in [1.29, 1.82) is 0 Å². The molecule has 0 aliphatic carbocycles. The van der Waals surface area contributed by atoms with Crippen molar-refractivity contribution in [2.24, 2.45) is 0 Å². The maximum absolute atomic E-state index is 10.5. The highest BCUT2D eigenvalue weighted by Crippen LogP contribution is 2.12. The van der Waals surface area contributed by atoms with Crippen molar-refractivity contribution in [2.45, 2.75) is 6.42 Å². The summed E-state index contributed by atoms with van der Waals surface area (Å²) in [6.45, 7) is 0. The lowest BCUT2D eigenvalue weighted by molar-refractivity contribution is 0.112. The first-order valence-electron chi connectivity index (χ1n) is 5.16. The fraction of sp³-hybridized carbons (Fsp3) is 0.0714. The predicted molar refractivity (Wildman–Crippen MR) is 65.5 cm³/mol. The summed E-state index contributed by atoms with van der Waals surface area (Å²) in [5.74, 6) is 0. The highest BCUT2D eigenvalue weighted by molar-refractivity contribution is 5.74. The van der Waals surface area contributed by atoms with Crippen molar-refractivity contribution >= 4 is 12.0 Å². The molecule has 80 valence electrons. The van der Waals surface area contributed by atoms with Crippen molar-refractivity contribution in [3.8, 4) is 0 Å². The molecule has 0 spiro atoms. The Morgan fingerprint density at radius 3 is 1.88 bits per heavy atom. The Labute approximate surface area is 94.7 Å². The molecule has 0 saturated heterocycles. The molecule has 2 aromatic rings. The van der Waals surface area contributed by atoms with Crippen molar-refractivity contribution in [1.82, 2.24) is 0 Å². The van der Waals surface area contributed by atoms with E-state index >= 15 is 0 Å². The summed E-state index contributed by atoms with van der Waals surface area (Å²) in [5, 5.41) is 0. The molecule has 0 aliphatic heterocycles. The lowest BCUT2D eigenvalue weighted by Crippen LogP contribution is -1.90. The van der Waals surface area contributed by atoms with Gasteiger partial charge in [-0.15, -0.1) is 0 Å². The molecule has 0 bridgehead atoms. The first-order chi connectivity index (χ1) is 7.78. The highest BCUT2D eigenvalue weighted by Gasteiger charge is 1.96. The van der Waals surface area contributed by atoms with Gasteiger partial charge in [-0.05, 0) is 29.7 Å². The van der Waals surface area contributed by atoms with Crippen molar-refractivity contribution in [2.75, 3.05) is 5.73 Å². The lowest BCUT2D eigenvalue weighted by atomic mass is 10.0. The second-order valence-electron chi connectivity index (χ2n) is 3.78. The standard InChI is InChI=1S/C14H13NO/c15-14-7-5-12(6-8-14)9-11-1-3-13(10-16)4-2-11/h1-8,10H,9,15H2. The zero-order valence-corrected chi connectivity index (χ0v) is 8.89. The third kappa shape index (κ3) is 2.48. The van der Waals surface area contributed by atoms with Crippen molar-refractivity contribution in [3.05, 3.63) is 65.2 Å². The molecule has 0 saturated carbocycles. The van der Waals surface area contributed by atoms with E-state index in [9.17, 15) is 4.79 Å². The molecule has 2 aromatic carbocycles. The van der Waals surface area contributed by atoms with Gasteiger partial charge in [-0.1, -0.05) is 36.4 Å². The van der Waals surface area contributed by atoms with Crippen LogP contribution in [0.5, 0.6) is 0 Å². The van der Waals surface area contributed by atoms with Gasteiger partial charge in [0.1, 0.15) is 6.29 Å². The first-order valence-corrected chi connectivity index (χ1v) is 5.16. The summed E-state index contributed by atoms with van der Waals surface area (Å²) in [5.41, 5.74) is 9.51. The lowest BCUT2D eigenvalue weighted by Gasteiger charge is -2.02. The van der Waals surface area contributed by atoms with Gasteiger partial charge in [0, 0.05) is 11.3 Å². The molecule has 0 amide bonds. The Bertz CT molecular complexity index is 471. The number of carbonyl (C=O) groups excluding carboxylic acids is 1. The fourth-order valence-electron chi connectivity index (χ4n) is 1.59. The third-order valence-corrected chi connectivity index (χ3v) is 2.50. The molecule has 0 aliphatic rings. The van der Waals surface area contributed by atoms with Crippen LogP contribution in [0.25, 0.3) is 0 Å². The molecule has 2 heteroatoms. The molecule has 2 rings (SSSR count). The van der Waals surface area contributed by atoms with Gasteiger partial charge in [0.15, 0.2) is 0 Å². The van der Waals surface area contributed by atoms with E-state index in [-0.39, 0.29) is 0 Å². The normalized spacial score (nSPS) is 10.0. The van der Waals surface area contributed by atoms with Gasteiger partial charge >= 0.3 is 0 Å². The van der Waals surface area contributed by atoms with Crippen LogP contribution in [-0.2, 0) is 6.42 Å². The van der Waals surface area contributed by atoms with E-state index in [1.165, 1.54) is 11.1 Å². The Hall–Kier alpha value is -2.09. The summed E-state index contributed by atoms with van der Waals surface area (Å²) in [6, 6.07) is 15.4. The minimum absolute atomic E-state index is 0.709. The zero-order valence-electron chi connectivity index (χ0n) is 8.89. The van der Waals surface area contributed by atoms with E-state index in [0.29, 0.717) is 5.56 Å². The number of aldehydes is 1. The van der Waals surface area contributed by atoms with Crippen LogP contribution in [0.2, 0.25) is 0 Å². The van der Waals surface area contributed by atoms with Crippen LogP contribution < -0.4 is 5.73 Å². The average Bonchev–Trinajstić information content (AvgIpc) is 2.33. The van der Waals surface area contributed by atoms with E-state index in [4.69, 9.17) is 5.73 Å². The van der Waals surface area contributed by atoms with E-state index in [2.05, 4.69) is 0 Å². The summed E-state index contributed by atoms with van der Waals surface area (Å²) in [6.07, 6.45) is 1.71. The van der Waals surface area contributed by atoms with Gasteiger partial charge in [0.2, 0.25) is 0 Å². The van der Waals surface area contributed by atoms with Gasteiger partial charge in [0.25, 0.3) is 0 Å². The number of hydrogen-bond acceptors (Lipinski definition) is 2. The quantitative estimate of drug-likeness (QED) is 0.626. The van der Waals surface area contributed by atoms with Gasteiger partial charge < -0.3 is 5.73 Å². The van der Waals surface area contributed by atoms with Crippen LogP contribution in [0, 0.1) is 0 Å². The molecule has 0 fully saturated rings. The molecule has 0 heterocycles. The molecule has 0 atom stereocenters. The van der Waals surface area contributed by atoms with Crippen LogP contribution in [0.4, 0.5) is 5.69 Å². The molecule has 16 heavy (non-hydrogen) atoms. The van der Waals surface area contributed by atoms with Crippen molar-refractivity contribution in [3.63, 3.8) is 0 Å². The zero-order chi connectivity index (χ0) is 11.4. The number of carbonyl (C=O) groups is 1. The maximum Gasteiger partial charge on any atom is 0.150 e. The van der Waals surface area contributed by atoms with Crippen LogP contribution in [-0.4, -0.2) is 6.29 Å². The van der Waals surface area contributed by atoms with Gasteiger partial charge in [-0.3, -0.25) is 4.79 Å². The Morgan fingerprint density at radius 2 is 1.38 bits per heavy atom. The number of nitrogen functional groups attached to an aromatic ring is 1. The monoisotopic (exact) mass is 211 g/mol. The molecule has 0 aromatic heterocycles. The highest BCUT2D eigenvalue weighted by atomic mass is 16.1. The summed E-state index contributed by atoms with van der Waals surface area (Å²) in [4.78, 5) is 10.5. The minimum Gasteiger partial charge on any atom is -0.399 e. The Balaban J connectivity index is 2.14. The van der Waals surface area contributed by atoms with Gasteiger partial charge in [-0.2, -0.15) is 0 Å².